The van der Waals surface area contributed by atoms with E-state index in [0.29, 0.717) is 18.0 Å². The van der Waals surface area contributed by atoms with E-state index in [0.717, 1.165) is 6.54 Å². The lowest BCUT2D eigenvalue weighted by molar-refractivity contribution is 0.122. The van der Waals surface area contributed by atoms with Crippen LogP contribution in [0.4, 0.5) is 0 Å². The second kappa shape index (κ2) is 6.68. The lowest BCUT2D eigenvalue weighted by atomic mass is 9.92. The van der Waals surface area contributed by atoms with Crippen molar-refractivity contribution in [1.29, 1.82) is 0 Å². The number of likely N-dealkylation sites (tertiary alicyclic amines) is 1. The molecule has 2 fully saturated rings. The molecule has 2 heterocycles. The highest BCUT2D eigenvalue weighted by atomic mass is 15.2. The zero-order chi connectivity index (χ0) is 13.8. The fraction of sp³-hybridized carbons (Fsp3) is 0.706. The van der Waals surface area contributed by atoms with E-state index in [1.165, 1.54) is 57.1 Å². The highest BCUT2D eigenvalue weighted by Crippen LogP contribution is 2.38. The molecular weight excluding hydrogens is 246 g/mol. The SMILES string of the molecule is NCC1CCCCCC1N1CCCC1c1ccncc1. The maximum absolute atomic E-state index is 6.08. The summed E-state index contributed by atoms with van der Waals surface area (Å²) < 4.78 is 0. The minimum Gasteiger partial charge on any atom is -0.330 e. The third-order valence-corrected chi connectivity index (χ3v) is 5.23. The Bertz CT molecular complexity index is 406. The van der Waals surface area contributed by atoms with Gasteiger partial charge < -0.3 is 5.73 Å². The van der Waals surface area contributed by atoms with Gasteiger partial charge in [0.2, 0.25) is 0 Å². The van der Waals surface area contributed by atoms with Crippen LogP contribution in [-0.4, -0.2) is 29.0 Å². The Labute approximate surface area is 122 Å². The molecule has 3 atom stereocenters. The van der Waals surface area contributed by atoms with Gasteiger partial charge in [-0.05, 0) is 62.4 Å². The van der Waals surface area contributed by atoms with E-state index in [4.69, 9.17) is 5.73 Å². The normalized spacial score (nSPS) is 32.1. The van der Waals surface area contributed by atoms with E-state index < -0.39 is 0 Å². The Hall–Kier alpha value is -0.930. The summed E-state index contributed by atoms with van der Waals surface area (Å²) >= 11 is 0. The van der Waals surface area contributed by atoms with Crippen LogP contribution in [0.5, 0.6) is 0 Å². The van der Waals surface area contributed by atoms with Crippen molar-refractivity contribution in [2.75, 3.05) is 13.1 Å². The quantitative estimate of drug-likeness (QED) is 0.860. The summed E-state index contributed by atoms with van der Waals surface area (Å²) in [4.78, 5) is 6.92. The first-order valence-electron chi connectivity index (χ1n) is 8.26. The summed E-state index contributed by atoms with van der Waals surface area (Å²) in [5, 5.41) is 0. The summed E-state index contributed by atoms with van der Waals surface area (Å²) in [6.07, 6.45) is 13.3. The lowest BCUT2D eigenvalue weighted by Gasteiger charge is -2.37. The summed E-state index contributed by atoms with van der Waals surface area (Å²) in [5.41, 5.74) is 7.52. The molecule has 3 unspecified atom stereocenters. The van der Waals surface area contributed by atoms with Gasteiger partial charge in [0.1, 0.15) is 0 Å². The smallest absolute Gasteiger partial charge is 0.0352 e. The molecule has 3 heteroatoms. The van der Waals surface area contributed by atoms with E-state index in [1.54, 1.807) is 0 Å². The van der Waals surface area contributed by atoms with E-state index in [2.05, 4.69) is 22.0 Å². The summed E-state index contributed by atoms with van der Waals surface area (Å²) in [6, 6.07) is 5.67. The van der Waals surface area contributed by atoms with E-state index in [1.807, 2.05) is 12.4 Å². The molecule has 2 N–H and O–H groups in total. The number of nitrogens with zero attached hydrogens (tertiary/aromatic N) is 2. The first-order valence-corrected chi connectivity index (χ1v) is 8.26. The Morgan fingerprint density at radius 1 is 1.05 bits per heavy atom. The average molecular weight is 273 g/mol. The van der Waals surface area contributed by atoms with Crippen molar-refractivity contribution in [3.8, 4) is 0 Å². The van der Waals surface area contributed by atoms with E-state index >= 15 is 0 Å². The predicted octanol–water partition coefficient (Wildman–Crippen LogP) is 3.13. The standard InChI is InChI=1S/C17H27N3/c18-13-15-5-2-1-3-6-17(15)20-12-4-7-16(20)14-8-10-19-11-9-14/h8-11,15-17H,1-7,12-13,18H2. The molecule has 1 aromatic heterocycles. The Balaban J connectivity index is 1.79. The van der Waals surface area contributed by atoms with Crippen LogP contribution in [0.3, 0.4) is 0 Å². The number of hydrogen-bond acceptors (Lipinski definition) is 3. The van der Waals surface area contributed by atoms with E-state index in [-0.39, 0.29) is 0 Å². The second-order valence-corrected chi connectivity index (χ2v) is 6.38. The van der Waals surface area contributed by atoms with Gasteiger partial charge >= 0.3 is 0 Å². The highest BCUT2D eigenvalue weighted by molar-refractivity contribution is 5.17. The number of rotatable bonds is 3. The largest absolute Gasteiger partial charge is 0.330 e. The third kappa shape index (κ3) is 2.89. The molecule has 110 valence electrons. The Morgan fingerprint density at radius 3 is 2.65 bits per heavy atom. The second-order valence-electron chi connectivity index (χ2n) is 6.38. The number of aromatic nitrogens is 1. The molecular formula is C17H27N3. The first-order chi connectivity index (χ1) is 9.90. The minimum absolute atomic E-state index is 0.593. The maximum Gasteiger partial charge on any atom is 0.0352 e. The Morgan fingerprint density at radius 2 is 1.85 bits per heavy atom. The molecule has 0 aromatic carbocycles. The molecule has 20 heavy (non-hydrogen) atoms. The third-order valence-electron chi connectivity index (χ3n) is 5.23. The summed E-state index contributed by atoms with van der Waals surface area (Å²) in [5.74, 6) is 0.694. The van der Waals surface area contributed by atoms with Gasteiger partial charge in [-0.3, -0.25) is 9.88 Å². The molecule has 0 spiro atoms. The zero-order valence-electron chi connectivity index (χ0n) is 12.4. The zero-order valence-corrected chi connectivity index (χ0v) is 12.4. The van der Waals surface area contributed by atoms with Gasteiger partial charge in [-0.1, -0.05) is 19.3 Å². The van der Waals surface area contributed by atoms with Gasteiger partial charge in [0.15, 0.2) is 0 Å². The molecule has 2 aliphatic rings. The van der Waals surface area contributed by atoms with Gasteiger partial charge in [0, 0.05) is 24.5 Å². The van der Waals surface area contributed by atoms with Gasteiger partial charge in [-0.15, -0.1) is 0 Å². The molecule has 1 aromatic rings. The van der Waals surface area contributed by atoms with Crippen molar-refractivity contribution in [2.24, 2.45) is 11.7 Å². The highest BCUT2D eigenvalue weighted by Gasteiger charge is 2.35. The van der Waals surface area contributed by atoms with Crippen LogP contribution in [0.15, 0.2) is 24.5 Å². The Kier molecular flexibility index (Phi) is 4.69. The van der Waals surface area contributed by atoms with Crippen LogP contribution in [0.25, 0.3) is 0 Å². The van der Waals surface area contributed by atoms with Crippen molar-refractivity contribution < 1.29 is 0 Å². The van der Waals surface area contributed by atoms with Crippen LogP contribution in [0.1, 0.15) is 56.6 Å². The maximum atomic E-state index is 6.08. The van der Waals surface area contributed by atoms with E-state index in [9.17, 15) is 0 Å². The molecule has 3 nitrogen and oxygen atoms in total. The molecule has 1 aliphatic carbocycles. The van der Waals surface area contributed by atoms with Crippen molar-refractivity contribution in [3.63, 3.8) is 0 Å². The van der Waals surface area contributed by atoms with Crippen molar-refractivity contribution >= 4 is 0 Å². The van der Waals surface area contributed by atoms with Crippen LogP contribution < -0.4 is 5.73 Å². The molecule has 0 amide bonds. The van der Waals surface area contributed by atoms with Crippen LogP contribution in [-0.2, 0) is 0 Å². The monoisotopic (exact) mass is 273 g/mol. The van der Waals surface area contributed by atoms with Crippen molar-refractivity contribution in [1.82, 2.24) is 9.88 Å². The number of hydrogen-bond donors (Lipinski definition) is 1. The number of pyridine rings is 1. The number of nitrogens with two attached hydrogens (primary N) is 1. The van der Waals surface area contributed by atoms with Gasteiger partial charge in [-0.25, -0.2) is 0 Å². The van der Waals surface area contributed by atoms with Crippen molar-refractivity contribution in [2.45, 2.75) is 57.0 Å². The molecule has 1 saturated carbocycles. The molecule has 0 radical (unpaired) electrons. The average Bonchev–Trinajstić information content (AvgIpc) is 2.86. The fourth-order valence-corrected chi connectivity index (χ4v) is 4.21. The van der Waals surface area contributed by atoms with Crippen molar-refractivity contribution in [3.05, 3.63) is 30.1 Å². The predicted molar refractivity (Wildman–Crippen MR) is 82.3 cm³/mol. The molecule has 0 bridgehead atoms. The lowest BCUT2D eigenvalue weighted by Crippen LogP contribution is -2.42. The molecule has 1 saturated heterocycles. The van der Waals surface area contributed by atoms with Gasteiger partial charge in [0.05, 0.1) is 0 Å². The fourth-order valence-electron chi connectivity index (χ4n) is 4.21. The summed E-state index contributed by atoms with van der Waals surface area (Å²) in [6.45, 7) is 2.10. The van der Waals surface area contributed by atoms with Gasteiger partial charge in [-0.2, -0.15) is 0 Å². The topological polar surface area (TPSA) is 42.1 Å². The molecule has 1 aliphatic heterocycles. The van der Waals surface area contributed by atoms with Crippen LogP contribution in [0, 0.1) is 5.92 Å². The molecule has 3 rings (SSSR count). The minimum atomic E-state index is 0.593. The summed E-state index contributed by atoms with van der Waals surface area (Å²) in [7, 11) is 0. The van der Waals surface area contributed by atoms with Crippen LogP contribution in [0.2, 0.25) is 0 Å². The first kappa shape index (κ1) is 14.0. The van der Waals surface area contributed by atoms with Crippen LogP contribution >= 0.6 is 0 Å². The van der Waals surface area contributed by atoms with Gasteiger partial charge in [0.25, 0.3) is 0 Å².